The Labute approximate surface area is 267 Å². The van der Waals surface area contributed by atoms with Crippen LogP contribution in [0.4, 0.5) is 0 Å². The molecule has 2 aromatic rings. The van der Waals surface area contributed by atoms with Crippen LogP contribution < -0.4 is 4.74 Å². The van der Waals surface area contributed by atoms with E-state index in [0.717, 1.165) is 56.0 Å². The number of hydrogen-bond donors (Lipinski definition) is 0. The van der Waals surface area contributed by atoms with E-state index in [2.05, 4.69) is 78.8 Å². The minimum absolute atomic E-state index is 0.418. The summed E-state index contributed by atoms with van der Waals surface area (Å²) in [6.45, 7) is 17.2. The van der Waals surface area contributed by atoms with Gasteiger partial charge in [-0.25, -0.2) is 0 Å². The molecule has 4 rings (SSSR count). The maximum atomic E-state index is 6.71. The van der Waals surface area contributed by atoms with Crippen molar-refractivity contribution in [3.8, 4) is 16.9 Å². The van der Waals surface area contributed by atoms with Crippen molar-refractivity contribution in [2.75, 3.05) is 6.61 Å². The fourth-order valence-corrected chi connectivity index (χ4v) is 8.76. The molecule has 2 aromatic carbocycles. The standard InChI is InChI=1S/C42H66O/c1-8-34-30-40(38(9-2)39(10-3)41(34)43-29-28-42(11-4,12-5)13-6)37-26-24-36(25-27-37)35-22-20-33(21-23-35)19-18-32-16-14-31(7)15-17-32/h24-27,30-33,35H,8-23,28-29H2,1-7H3. The van der Waals surface area contributed by atoms with Gasteiger partial charge in [0.1, 0.15) is 5.75 Å². The van der Waals surface area contributed by atoms with Gasteiger partial charge in [-0.05, 0) is 120 Å². The van der Waals surface area contributed by atoms with Crippen molar-refractivity contribution in [2.45, 2.75) is 164 Å². The molecule has 1 nitrogen and oxygen atoms in total. The predicted molar refractivity (Wildman–Crippen MR) is 188 cm³/mol. The molecule has 0 atom stereocenters. The monoisotopic (exact) mass is 587 g/mol. The van der Waals surface area contributed by atoms with Crippen LogP contribution in [0.3, 0.4) is 0 Å². The molecule has 240 valence electrons. The minimum atomic E-state index is 0.418. The van der Waals surface area contributed by atoms with Crippen LogP contribution in [0.15, 0.2) is 30.3 Å². The normalized spacial score (nSPS) is 23.0. The Morgan fingerprint density at radius 1 is 0.674 bits per heavy atom. The Balaban J connectivity index is 1.42. The second-order valence-corrected chi connectivity index (χ2v) is 14.6. The smallest absolute Gasteiger partial charge is 0.125 e. The third kappa shape index (κ3) is 8.49. The molecule has 0 radical (unpaired) electrons. The lowest BCUT2D eigenvalue weighted by atomic mass is 9.74. The zero-order valence-electron chi connectivity index (χ0n) is 29.3. The first-order valence-electron chi connectivity index (χ1n) is 18.8. The van der Waals surface area contributed by atoms with Gasteiger partial charge in [0, 0.05) is 0 Å². The van der Waals surface area contributed by atoms with E-state index < -0.39 is 0 Å². The summed E-state index contributed by atoms with van der Waals surface area (Å²) < 4.78 is 6.71. The Kier molecular flexibility index (Phi) is 13.1. The molecular weight excluding hydrogens is 520 g/mol. The van der Waals surface area contributed by atoms with Crippen molar-refractivity contribution in [1.29, 1.82) is 0 Å². The number of hydrogen-bond acceptors (Lipinski definition) is 1. The quantitative estimate of drug-likeness (QED) is 0.202. The summed E-state index contributed by atoms with van der Waals surface area (Å²) >= 11 is 0. The summed E-state index contributed by atoms with van der Waals surface area (Å²) in [5.74, 6) is 4.92. The number of rotatable bonds is 15. The molecule has 0 spiro atoms. The van der Waals surface area contributed by atoms with E-state index in [1.165, 1.54) is 117 Å². The highest BCUT2D eigenvalue weighted by atomic mass is 16.5. The first-order chi connectivity index (χ1) is 20.9. The van der Waals surface area contributed by atoms with E-state index in [9.17, 15) is 0 Å². The van der Waals surface area contributed by atoms with Crippen molar-refractivity contribution in [1.82, 2.24) is 0 Å². The highest BCUT2D eigenvalue weighted by Crippen LogP contribution is 2.42. The minimum Gasteiger partial charge on any atom is -0.493 e. The van der Waals surface area contributed by atoms with Gasteiger partial charge in [-0.15, -0.1) is 0 Å². The zero-order chi connectivity index (χ0) is 30.8. The van der Waals surface area contributed by atoms with Crippen LogP contribution in [0.5, 0.6) is 5.75 Å². The van der Waals surface area contributed by atoms with Gasteiger partial charge in [-0.1, -0.05) is 131 Å². The Bertz CT molecular complexity index is 1080. The van der Waals surface area contributed by atoms with Crippen LogP contribution in [-0.4, -0.2) is 6.61 Å². The first kappa shape index (κ1) is 34.1. The average molecular weight is 587 g/mol. The van der Waals surface area contributed by atoms with Crippen molar-refractivity contribution in [2.24, 2.45) is 23.2 Å². The molecule has 2 fully saturated rings. The van der Waals surface area contributed by atoms with Gasteiger partial charge < -0.3 is 4.74 Å². The molecule has 0 saturated heterocycles. The summed E-state index contributed by atoms with van der Waals surface area (Å²) in [5, 5.41) is 0. The Morgan fingerprint density at radius 3 is 1.74 bits per heavy atom. The van der Waals surface area contributed by atoms with E-state index in [-0.39, 0.29) is 0 Å². The zero-order valence-corrected chi connectivity index (χ0v) is 29.3. The molecule has 0 aromatic heterocycles. The molecule has 0 bridgehead atoms. The molecule has 1 heteroatoms. The lowest BCUT2D eigenvalue weighted by Gasteiger charge is -2.31. The van der Waals surface area contributed by atoms with Crippen molar-refractivity contribution < 1.29 is 4.74 Å². The fourth-order valence-electron chi connectivity index (χ4n) is 8.76. The van der Waals surface area contributed by atoms with Gasteiger partial charge in [0.15, 0.2) is 0 Å². The van der Waals surface area contributed by atoms with Gasteiger partial charge >= 0.3 is 0 Å². The van der Waals surface area contributed by atoms with Crippen molar-refractivity contribution in [3.63, 3.8) is 0 Å². The molecule has 0 aliphatic heterocycles. The molecule has 0 unspecified atom stereocenters. The summed E-state index contributed by atoms with van der Waals surface area (Å²) in [6, 6.07) is 12.2. The van der Waals surface area contributed by atoms with Gasteiger partial charge in [0.25, 0.3) is 0 Å². The van der Waals surface area contributed by atoms with Crippen molar-refractivity contribution in [3.05, 3.63) is 52.6 Å². The lowest BCUT2D eigenvalue weighted by molar-refractivity contribution is 0.172. The van der Waals surface area contributed by atoms with Crippen molar-refractivity contribution >= 4 is 0 Å². The van der Waals surface area contributed by atoms with E-state index in [4.69, 9.17) is 4.74 Å². The summed E-state index contributed by atoms with van der Waals surface area (Å²) in [4.78, 5) is 0. The number of aryl methyl sites for hydroxylation is 1. The maximum Gasteiger partial charge on any atom is 0.125 e. The molecule has 2 saturated carbocycles. The molecular formula is C42H66O. The van der Waals surface area contributed by atoms with Crippen LogP contribution in [-0.2, 0) is 19.3 Å². The Morgan fingerprint density at radius 2 is 1.23 bits per heavy atom. The highest BCUT2D eigenvalue weighted by molar-refractivity contribution is 5.73. The highest BCUT2D eigenvalue weighted by Gasteiger charge is 2.26. The van der Waals surface area contributed by atoms with E-state index in [1.54, 1.807) is 5.56 Å². The molecule has 0 N–H and O–H groups in total. The van der Waals surface area contributed by atoms with Crippen LogP contribution in [0.25, 0.3) is 11.1 Å². The van der Waals surface area contributed by atoms with Gasteiger partial charge in [-0.3, -0.25) is 0 Å². The molecule has 0 heterocycles. The summed E-state index contributed by atoms with van der Waals surface area (Å²) in [5.41, 5.74) is 9.11. The maximum absolute atomic E-state index is 6.71. The second kappa shape index (κ2) is 16.5. The van der Waals surface area contributed by atoms with Crippen LogP contribution >= 0.6 is 0 Å². The summed E-state index contributed by atoms with van der Waals surface area (Å²) in [6.07, 6.45) is 22.5. The third-order valence-corrected chi connectivity index (χ3v) is 12.4. The lowest BCUT2D eigenvalue weighted by Crippen LogP contribution is -2.21. The SMILES string of the molecule is CCc1cc(-c2ccc(C3CCC(CCC4CCC(C)CC4)CC3)cc2)c(CC)c(CC)c1OCCC(CC)(CC)CC. The van der Waals surface area contributed by atoms with E-state index >= 15 is 0 Å². The average Bonchev–Trinajstić information content (AvgIpc) is 3.06. The topological polar surface area (TPSA) is 9.23 Å². The number of benzene rings is 2. The van der Waals surface area contributed by atoms with Gasteiger partial charge in [-0.2, -0.15) is 0 Å². The van der Waals surface area contributed by atoms with Crippen LogP contribution in [0.1, 0.15) is 167 Å². The largest absolute Gasteiger partial charge is 0.493 e. The van der Waals surface area contributed by atoms with Gasteiger partial charge in [0.05, 0.1) is 6.61 Å². The molecule has 2 aliphatic rings. The summed E-state index contributed by atoms with van der Waals surface area (Å²) in [7, 11) is 0. The molecule has 0 amide bonds. The predicted octanol–water partition coefficient (Wildman–Crippen LogP) is 12.9. The molecule has 2 aliphatic carbocycles. The van der Waals surface area contributed by atoms with E-state index in [1.807, 2.05) is 0 Å². The van der Waals surface area contributed by atoms with Gasteiger partial charge in [0.2, 0.25) is 0 Å². The third-order valence-electron chi connectivity index (χ3n) is 12.4. The van der Waals surface area contributed by atoms with Crippen LogP contribution in [0.2, 0.25) is 0 Å². The second-order valence-electron chi connectivity index (χ2n) is 14.6. The van der Waals surface area contributed by atoms with Crippen LogP contribution in [0, 0.1) is 23.2 Å². The first-order valence-corrected chi connectivity index (χ1v) is 18.8. The van der Waals surface area contributed by atoms with E-state index in [0.29, 0.717) is 5.41 Å². The molecule has 43 heavy (non-hydrogen) atoms. The Hall–Kier alpha value is -1.76. The fraction of sp³-hybridized carbons (Fsp3) is 0.714. The number of ether oxygens (including phenoxy) is 1.